The van der Waals surface area contributed by atoms with Crippen LogP contribution in [0, 0.1) is 0 Å². The van der Waals surface area contributed by atoms with E-state index in [9.17, 15) is 18.0 Å². The summed E-state index contributed by atoms with van der Waals surface area (Å²) in [5, 5.41) is 2.80. The molecule has 1 aliphatic heterocycles. The van der Waals surface area contributed by atoms with E-state index in [1.165, 1.54) is 12.1 Å². The van der Waals surface area contributed by atoms with Gasteiger partial charge >= 0.3 is 6.18 Å². The Morgan fingerprint density at radius 1 is 1.11 bits per heavy atom. The Morgan fingerprint density at radius 2 is 1.86 bits per heavy atom. The molecule has 3 rings (SSSR count). The predicted octanol–water partition coefficient (Wildman–Crippen LogP) is 4.27. The molecule has 0 aliphatic carbocycles. The van der Waals surface area contributed by atoms with E-state index in [-0.39, 0.29) is 12.4 Å². The van der Waals surface area contributed by atoms with Gasteiger partial charge in [-0.15, -0.1) is 0 Å². The lowest BCUT2D eigenvalue weighted by Crippen LogP contribution is -2.32. The number of hydrogen-bond acceptors (Lipinski definition) is 4. The van der Waals surface area contributed by atoms with E-state index < -0.39 is 17.6 Å². The van der Waals surface area contributed by atoms with Crippen LogP contribution >= 0.6 is 11.8 Å². The van der Waals surface area contributed by atoms with Gasteiger partial charge in [0, 0.05) is 36.8 Å². The zero-order valence-electron chi connectivity index (χ0n) is 15.2. The van der Waals surface area contributed by atoms with Crippen molar-refractivity contribution in [3.05, 3.63) is 59.7 Å². The minimum Gasteiger partial charge on any atom is -0.484 e. The molecule has 0 saturated carbocycles. The number of benzene rings is 2. The highest BCUT2D eigenvalue weighted by Crippen LogP contribution is 2.31. The third-order valence-electron chi connectivity index (χ3n) is 4.32. The van der Waals surface area contributed by atoms with Gasteiger partial charge in [0.2, 0.25) is 0 Å². The lowest BCUT2D eigenvalue weighted by atomic mass is 10.1. The van der Waals surface area contributed by atoms with Crippen LogP contribution in [0.2, 0.25) is 0 Å². The van der Waals surface area contributed by atoms with E-state index in [0.717, 1.165) is 48.8 Å². The molecule has 0 aromatic heterocycles. The fourth-order valence-corrected chi connectivity index (χ4v) is 3.86. The van der Waals surface area contributed by atoms with Crippen LogP contribution in [0.5, 0.6) is 5.75 Å². The van der Waals surface area contributed by atoms with Crippen molar-refractivity contribution < 1.29 is 22.7 Å². The van der Waals surface area contributed by atoms with Gasteiger partial charge in [0.1, 0.15) is 5.75 Å². The van der Waals surface area contributed by atoms with E-state index in [1.807, 2.05) is 36.0 Å². The monoisotopic (exact) mass is 410 g/mol. The van der Waals surface area contributed by atoms with Gasteiger partial charge in [-0.1, -0.05) is 24.3 Å². The highest BCUT2D eigenvalue weighted by atomic mass is 32.2. The molecule has 2 aromatic rings. The quantitative estimate of drug-likeness (QED) is 0.772. The Labute approximate surface area is 166 Å². The van der Waals surface area contributed by atoms with Crippen LogP contribution in [0.1, 0.15) is 11.1 Å². The van der Waals surface area contributed by atoms with Crippen LogP contribution in [0.25, 0.3) is 0 Å². The second kappa shape index (κ2) is 9.34. The molecule has 150 valence electrons. The maximum Gasteiger partial charge on any atom is 0.416 e. The number of carbonyl (C=O) groups is 1. The summed E-state index contributed by atoms with van der Waals surface area (Å²) >= 11 is 1.93. The molecule has 4 nitrogen and oxygen atoms in total. The summed E-state index contributed by atoms with van der Waals surface area (Å²) in [5.41, 5.74) is 0.885. The minimum absolute atomic E-state index is 0.00377. The molecule has 1 amide bonds. The molecular formula is C20H21F3N2O2S. The second-order valence-corrected chi connectivity index (χ2v) is 7.63. The highest BCUT2D eigenvalue weighted by molar-refractivity contribution is 7.99. The molecule has 1 N–H and O–H groups in total. The lowest BCUT2D eigenvalue weighted by molar-refractivity contribution is -0.137. The Kier molecular flexibility index (Phi) is 6.85. The fraction of sp³-hybridized carbons (Fsp3) is 0.350. The average Bonchev–Trinajstić information content (AvgIpc) is 2.68. The van der Waals surface area contributed by atoms with Crippen molar-refractivity contribution in [2.75, 3.05) is 36.5 Å². The number of ether oxygens (including phenoxy) is 1. The van der Waals surface area contributed by atoms with E-state index in [0.29, 0.717) is 5.69 Å². The molecule has 28 heavy (non-hydrogen) atoms. The van der Waals surface area contributed by atoms with Crippen molar-refractivity contribution >= 4 is 23.4 Å². The zero-order valence-corrected chi connectivity index (χ0v) is 16.0. The van der Waals surface area contributed by atoms with Crippen molar-refractivity contribution in [1.82, 2.24) is 4.90 Å². The Bertz CT molecular complexity index is 808. The van der Waals surface area contributed by atoms with E-state index >= 15 is 0 Å². The molecule has 8 heteroatoms. The number of alkyl halides is 3. The Morgan fingerprint density at radius 3 is 2.61 bits per heavy atom. The number of halogens is 3. The summed E-state index contributed by atoms with van der Waals surface area (Å²) < 4.78 is 43.5. The molecule has 1 heterocycles. The summed E-state index contributed by atoms with van der Waals surface area (Å²) in [6.07, 6.45) is -4.45. The van der Waals surface area contributed by atoms with Crippen molar-refractivity contribution in [2.24, 2.45) is 0 Å². The highest BCUT2D eigenvalue weighted by Gasteiger charge is 2.30. The van der Waals surface area contributed by atoms with Crippen molar-refractivity contribution in [3.8, 4) is 5.75 Å². The number of carbonyl (C=O) groups excluding carboxylic acids is 1. The van der Waals surface area contributed by atoms with Crippen LogP contribution in [0.3, 0.4) is 0 Å². The van der Waals surface area contributed by atoms with E-state index in [1.54, 1.807) is 0 Å². The first-order chi connectivity index (χ1) is 13.4. The van der Waals surface area contributed by atoms with E-state index in [4.69, 9.17) is 4.74 Å². The third-order valence-corrected chi connectivity index (χ3v) is 5.26. The fourth-order valence-electron chi connectivity index (χ4n) is 2.88. The van der Waals surface area contributed by atoms with Crippen LogP contribution in [0.15, 0.2) is 48.5 Å². The molecule has 1 saturated heterocycles. The van der Waals surface area contributed by atoms with Gasteiger partial charge in [0.05, 0.1) is 5.56 Å². The van der Waals surface area contributed by atoms with Gasteiger partial charge in [0.25, 0.3) is 5.91 Å². The molecule has 1 aliphatic rings. The number of amides is 1. The Balaban J connectivity index is 1.58. The number of anilines is 1. The summed E-state index contributed by atoms with van der Waals surface area (Å²) in [6, 6.07) is 12.0. The van der Waals surface area contributed by atoms with Gasteiger partial charge in [0.15, 0.2) is 6.61 Å². The van der Waals surface area contributed by atoms with Gasteiger partial charge in [-0.3, -0.25) is 9.69 Å². The maximum atomic E-state index is 12.8. The van der Waals surface area contributed by atoms with E-state index in [2.05, 4.69) is 10.2 Å². The molecule has 0 unspecified atom stereocenters. The SMILES string of the molecule is O=C(COc1cccc(C(F)(F)F)c1)Nc1ccccc1CN1CCSCC1. The summed E-state index contributed by atoms with van der Waals surface area (Å²) in [5.74, 6) is 1.78. The maximum absolute atomic E-state index is 12.8. The zero-order chi connectivity index (χ0) is 20.0. The van der Waals surface area contributed by atoms with Crippen LogP contribution in [0.4, 0.5) is 18.9 Å². The molecule has 2 aromatic carbocycles. The minimum atomic E-state index is -4.45. The topological polar surface area (TPSA) is 41.6 Å². The third kappa shape index (κ3) is 5.90. The van der Waals surface area contributed by atoms with Gasteiger partial charge in [-0.05, 0) is 29.8 Å². The second-order valence-electron chi connectivity index (χ2n) is 6.41. The number of nitrogens with zero attached hydrogens (tertiary/aromatic N) is 1. The Hall–Kier alpha value is -2.19. The summed E-state index contributed by atoms with van der Waals surface area (Å²) in [7, 11) is 0. The van der Waals surface area contributed by atoms with Crippen LogP contribution in [-0.4, -0.2) is 42.0 Å². The molecular weight excluding hydrogens is 389 g/mol. The average molecular weight is 410 g/mol. The number of para-hydroxylation sites is 1. The number of rotatable bonds is 6. The summed E-state index contributed by atoms with van der Waals surface area (Å²) in [4.78, 5) is 14.6. The predicted molar refractivity (Wildman–Crippen MR) is 105 cm³/mol. The molecule has 0 radical (unpaired) electrons. The standard InChI is InChI=1S/C20H21F3N2O2S/c21-20(22,23)16-5-3-6-17(12-16)27-14-19(26)24-18-7-2-1-4-15(18)13-25-8-10-28-11-9-25/h1-7,12H,8-11,13-14H2,(H,24,26). The first-order valence-electron chi connectivity index (χ1n) is 8.90. The van der Waals surface area contributed by atoms with Crippen LogP contribution in [-0.2, 0) is 17.5 Å². The van der Waals surface area contributed by atoms with Crippen molar-refractivity contribution in [3.63, 3.8) is 0 Å². The van der Waals surface area contributed by atoms with Crippen molar-refractivity contribution in [1.29, 1.82) is 0 Å². The van der Waals surface area contributed by atoms with Gasteiger partial charge in [-0.25, -0.2) is 0 Å². The first kappa shape index (κ1) is 20.5. The van der Waals surface area contributed by atoms with Gasteiger partial charge < -0.3 is 10.1 Å². The largest absolute Gasteiger partial charge is 0.484 e. The number of hydrogen-bond donors (Lipinski definition) is 1. The number of nitrogens with one attached hydrogen (secondary N) is 1. The molecule has 1 fully saturated rings. The lowest BCUT2D eigenvalue weighted by Gasteiger charge is -2.27. The first-order valence-corrected chi connectivity index (χ1v) is 10.1. The normalized spacial score (nSPS) is 15.2. The van der Waals surface area contributed by atoms with Gasteiger partial charge in [-0.2, -0.15) is 24.9 Å². The smallest absolute Gasteiger partial charge is 0.416 e. The molecule has 0 spiro atoms. The number of thioether (sulfide) groups is 1. The van der Waals surface area contributed by atoms with Crippen LogP contribution < -0.4 is 10.1 Å². The molecule has 0 bridgehead atoms. The molecule has 0 atom stereocenters. The van der Waals surface area contributed by atoms with Crippen molar-refractivity contribution in [2.45, 2.75) is 12.7 Å². The summed E-state index contributed by atoms with van der Waals surface area (Å²) in [6.45, 7) is 2.39.